The molecule has 0 radical (unpaired) electrons. The molecule has 1 aromatic carbocycles. The molecule has 9 heteroatoms. The van der Waals surface area contributed by atoms with Gasteiger partial charge in [0.2, 0.25) is 0 Å². The van der Waals surface area contributed by atoms with Crippen molar-refractivity contribution in [3.8, 4) is 5.75 Å². The predicted octanol–water partition coefficient (Wildman–Crippen LogP) is 2.27. The second kappa shape index (κ2) is 8.37. The molecule has 0 saturated heterocycles. The Morgan fingerprint density at radius 2 is 1.88 bits per heavy atom. The van der Waals surface area contributed by atoms with E-state index in [0.29, 0.717) is 11.4 Å². The fraction of sp³-hybridized carbons (Fsp3) is 0.133. The van der Waals surface area contributed by atoms with E-state index in [1.807, 2.05) is 6.07 Å². The Bertz CT molecular complexity index is 755. The van der Waals surface area contributed by atoms with E-state index in [-0.39, 0.29) is 22.4 Å². The second-order valence-corrected chi connectivity index (χ2v) is 5.31. The number of amides is 2. The minimum Gasteiger partial charge on any atom is -0.495 e. The summed E-state index contributed by atoms with van der Waals surface area (Å²) < 4.78 is 5.16. The lowest BCUT2D eigenvalue weighted by Crippen LogP contribution is -2.44. The van der Waals surface area contributed by atoms with Crippen molar-refractivity contribution >= 4 is 40.7 Å². The van der Waals surface area contributed by atoms with E-state index >= 15 is 0 Å². The van der Waals surface area contributed by atoms with Gasteiger partial charge in [-0.3, -0.25) is 20.4 Å². The van der Waals surface area contributed by atoms with Gasteiger partial charge in [-0.25, -0.2) is 4.98 Å². The number of nitrogens with one attached hydrogen (secondary N) is 3. The number of hydrogen-bond donors (Lipinski definition) is 3. The molecule has 0 unspecified atom stereocenters. The molecular formula is C15H14Cl2N4O3. The lowest BCUT2D eigenvalue weighted by atomic mass is 10.3. The summed E-state index contributed by atoms with van der Waals surface area (Å²) in [6, 6.07) is 10.0. The first-order chi connectivity index (χ1) is 11.5. The van der Waals surface area contributed by atoms with Gasteiger partial charge in [-0.2, -0.15) is 0 Å². The first-order valence-electron chi connectivity index (χ1n) is 6.79. The summed E-state index contributed by atoms with van der Waals surface area (Å²) >= 11 is 11.6. The second-order valence-electron chi connectivity index (χ2n) is 4.52. The van der Waals surface area contributed by atoms with Crippen molar-refractivity contribution in [1.82, 2.24) is 15.8 Å². The van der Waals surface area contributed by atoms with Crippen LogP contribution in [0.2, 0.25) is 10.2 Å². The highest BCUT2D eigenvalue weighted by atomic mass is 35.5. The molecule has 0 fully saturated rings. The van der Waals surface area contributed by atoms with Crippen molar-refractivity contribution in [2.45, 2.75) is 0 Å². The third kappa shape index (κ3) is 4.74. The number of hydrogen-bond acceptors (Lipinski definition) is 5. The molecule has 24 heavy (non-hydrogen) atoms. The molecule has 1 heterocycles. The molecule has 126 valence electrons. The monoisotopic (exact) mass is 368 g/mol. The van der Waals surface area contributed by atoms with Gasteiger partial charge in [0.1, 0.15) is 16.6 Å². The van der Waals surface area contributed by atoms with Crippen LogP contribution in [0.15, 0.2) is 36.4 Å². The van der Waals surface area contributed by atoms with Crippen molar-refractivity contribution in [2.75, 3.05) is 19.0 Å². The normalized spacial score (nSPS) is 9.96. The van der Waals surface area contributed by atoms with Crippen molar-refractivity contribution < 1.29 is 14.3 Å². The molecule has 3 N–H and O–H groups in total. The van der Waals surface area contributed by atoms with Gasteiger partial charge in [-0.15, -0.1) is 0 Å². The van der Waals surface area contributed by atoms with Crippen LogP contribution in [0.1, 0.15) is 10.5 Å². The Hall–Kier alpha value is -2.51. The van der Waals surface area contributed by atoms with Crippen LogP contribution in [0.25, 0.3) is 0 Å². The molecular weight excluding hydrogens is 355 g/mol. The van der Waals surface area contributed by atoms with Crippen LogP contribution >= 0.6 is 23.2 Å². The molecule has 0 spiro atoms. The lowest BCUT2D eigenvalue weighted by Gasteiger charge is -2.11. The van der Waals surface area contributed by atoms with Crippen molar-refractivity contribution in [2.24, 2.45) is 0 Å². The van der Waals surface area contributed by atoms with E-state index in [9.17, 15) is 9.59 Å². The van der Waals surface area contributed by atoms with E-state index in [4.69, 9.17) is 27.9 Å². The molecule has 0 atom stereocenters. The number of anilines is 1. The first kappa shape index (κ1) is 17.8. The SMILES string of the molecule is COc1ccccc1NCC(=O)NNC(=O)c1nc(Cl)ccc1Cl. The summed E-state index contributed by atoms with van der Waals surface area (Å²) in [5, 5.41) is 3.14. The summed E-state index contributed by atoms with van der Waals surface area (Å²) in [6.45, 7) is -0.0721. The van der Waals surface area contributed by atoms with Gasteiger partial charge in [0.15, 0.2) is 0 Å². The van der Waals surface area contributed by atoms with E-state index in [0.717, 1.165) is 0 Å². The zero-order valence-corrected chi connectivity index (χ0v) is 14.1. The molecule has 0 aliphatic carbocycles. The number of rotatable bonds is 5. The average Bonchev–Trinajstić information content (AvgIpc) is 2.60. The minimum atomic E-state index is -0.673. The maximum Gasteiger partial charge on any atom is 0.289 e. The molecule has 7 nitrogen and oxygen atoms in total. The lowest BCUT2D eigenvalue weighted by molar-refractivity contribution is -0.120. The molecule has 0 aliphatic heterocycles. The number of pyridine rings is 1. The fourth-order valence-corrected chi connectivity index (χ4v) is 2.11. The molecule has 2 rings (SSSR count). The summed E-state index contributed by atoms with van der Waals surface area (Å²) in [4.78, 5) is 27.5. The Morgan fingerprint density at radius 3 is 2.62 bits per heavy atom. The number of nitrogens with zero attached hydrogens (tertiary/aromatic N) is 1. The van der Waals surface area contributed by atoms with Crippen molar-refractivity contribution in [3.63, 3.8) is 0 Å². The summed E-state index contributed by atoms with van der Waals surface area (Å²) in [7, 11) is 1.53. The molecule has 0 aliphatic rings. The predicted molar refractivity (Wildman–Crippen MR) is 91.3 cm³/mol. The van der Waals surface area contributed by atoms with Crippen molar-refractivity contribution in [3.05, 3.63) is 52.3 Å². The zero-order chi connectivity index (χ0) is 17.5. The highest BCUT2D eigenvalue weighted by molar-refractivity contribution is 6.34. The van der Waals surface area contributed by atoms with Gasteiger partial charge >= 0.3 is 0 Å². The zero-order valence-electron chi connectivity index (χ0n) is 12.6. The average molecular weight is 369 g/mol. The number of halogens is 2. The maximum absolute atomic E-state index is 11.9. The number of carbonyl (C=O) groups is 2. The van der Waals surface area contributed by atoms with Gasteiger partial charge in [0, 0.05) is 0 Å². The summed E-state index contributed by atoms with van der Waals surface area (Å²) in [5.74, 6) is -0.537. The number of methoxy groups -OCH3 is 1. The van der Waals surface area contributed by atoms with Crippen LogP contribution in [0, 0.1) is 0 Å². The van der Waals surface area contributed by atoms with Crippen LogP contribution in [0.4, 0.5) is 5.69 Å². The third-order valence-corrected chi connectivity index (χ3v) is 3.40. The van der Waals surface area contributed by atoms with Gasteiger partial charge in [0.05, 0.1) is 24.4 Å². The van der Waals surface area contributed by atoms with Crippen LogP contribution < -0.4 is 20.9 Å². The Kier molecular flexibility index (Phi) is 6.22. The number of carbonyl (C=O) groups excluding carboxylic acids is 2. The largest absolute Gasteiger partial charge is 0.495 e. The highest BCUT2D eigenvalue weighted by Gasteiger charge is 2.14. The number of para-hydroxylation sites is 2. The first-order valence-corrected chi connectivity index (χ1v) is 7.55. The maximum atomic E-state index is 11.9. The quantitative estimate of drug-likeness (QED) is 0.556. The standard InChI is InChI=1S/C15H14Cl2N4O3/c1-24-11-5-3-2-4-10(11)18-8-13(22)20-21-15(23)14-9(16)6-7-12(17)19-14/h2-7,18H,8H2,1H3,(H,20,22)(H,21,23). The van der Waals surface area contributed by atoms with E-state index in [1.54, 1.807) is 18.2 Å². The van der Waals surface area contributed by atoms with Gasteiger partial charge in [-0.1, -0.05) is 35.3 Å². The molecule has 1 aromatic heterocycles. The van der Waals surface area contributed by atoms with Crippen LogP contribution in [0.3, 0.4) is 0 Å². The van der Waals surface area contributed by atoms with Crippen LogP contribution in [-0.2, 0) is 4.79 Å². The minimum absolute atomic E-state index is 0.0721. The van der Waals surface area contributed by atoms with Gasteiger partial charge in [-0.05, 0) is 24.3 Å². The van der Waals surface area contributed by atoms with E-state index < -0.39 is 11.8 Å². The molecule has 2 aromatic rings. The fourth-order valence-electron chi connectivity index (χ4n) is 1.77. The number of ether oxygens (including phenoxy) is 1. The van der Waals surface area contributed by atoms with Crippen LogP contribution in [-0.4, -0.2) is 30.5 Å². The third-order valence-electron chi connectivity index (χ3n) is 2.89. The molecule has 0 bridgehead atoms. The Morgan fingerprint density at radius 1 is 1.12 bits per heavy atom. The summed E-state index contributed by atoms with van der Waals surface area (Å²) in [5.41, 5.74) is 5.04. The highest BCUT2D eigenvalue weighted by Crippen LogP contribution is 2.22. The Labute approximate surface area is 148 Å². The number of hydrazine groups is 1. The van der Waals surface area contributed by atoms with Crippen LogP contribution in [0.5, 0.6) is 5.75 Å². The number of benzene rings is 1. The topological polar surface area (TPSA) is 92.4 Å². The van der Waals surface area contributed by atoms with Gasteiger partial charge < -0.3 is 10.1 Å². The van der Waals surface area contributed by atoms with E-state index in [1.165, 1.54) is 19.2 Å². The Balaban J connectivity index is 1.87. The van der Waals surface area contributed by atoms with E-state index in [2.05, 4.69) is 21.2 Å². The number of aromatic nitrogens is 1. The van der Waals surface area contributed by atoms with Gasteiger partial charge in [0.25, 0.3) is 11.8 Å². The molecule has 2 amide bonds. The van der Waals surface area contributed by atoms with Crippen molar-refractivity contribution in [1.29, 1.82) is 0 Å². The molecule has 0 saturated carbocycles. The smallest absolute Gasteiger partial charge is 0.289 e. The summed E-state index contributed by atoms with van der Waals surface area (Å²) in [6.07, 6.45) is 0.